The first-order valence-electron chi connectivity index (χ1n) is 19.0. The van der Waals surface area contributed by atoms with Crippen LogP contribution in [0, 0.1) is 17.8 Å². The third kappa shape index (κ3) is 7.64. The van der Waals surface area contributed by atoms with Crippen LogP contribution < -0.4 is 9.64 Å². The van der Waals surface area contributed by atoms with Crippen molar-refractivity contribution in [2.24, 2.45) is 29.2 Å². The van der Waals surface area contributed by atoms with Gasteiger partial charge in [0.25, 0.3) is 11.8 Å². The highest BCUT2D eigenvalue weighted by Crippen LogP contribution is 2.47. The number of carbonyl (C=O) groups excluding carboxylic acids is 3. The number of allylic oxidation sites excluding steroid dienone is 1. The Morgan fingerprint density at radius 1 is 1.15 bits per heavy atom. The van der Waals surface area contributed by atoms with Crippen molar-refractivity contribution in [2.45, 2.75) is 57.0 Å². The van der Waals surface area contributed by atoms with E-state index in [0.717, 1.165) is 49.4 Å². The molecule has 4 aliphatic rings. The molecule has 2 amide bonds. The summed E-state index contributed by atoms with van der Waals surface area (Å²) in [5, 5.41) is 0.733. The molecule has 1 aromatic heterocycles. The maximum atomic E-state index is 14.8. The van der Waals surface area contributed by atoms with Crippen molar-refractivity contribution in [1.82, 2.24) is 9.47 Å². The van der Waals surface area contributed by atoms with Crippen LogP contribution >= 0.6 is 11.6 Å². The molecule has 2 bridgehead atoms. The zero-order chi connectivity index (χ0) is 38.4. The van der Waals surface area contributed by atoms with E-state index in [1.165, 1.54) is 22.1 Å². The Morgan fingerprint density at radius 3 is 2.70 bits per heavy atom. The van der Waals surface area contributed by atoms with Crippen molar-refractivity contribution in [3.05, 3.63) is 93.8 Å². The van der Waals surface area contributed by atoms with E-state index in [-0.39, 0.29) is 34.7 Å². The molecular formula is C42H51ClN4O6S. The minimum atomic E-state index is -3.38. The lowest BCUT2D eigenvalue weighted by Crippen LogP contribution is -2.49. The highest BCUT2D eigenvalue weighted by molar-refractivity contribution is 7.94. The van der Waals surface area contributed by atoms with E-state index in [0.29, 0.717) is 48.4 Å². The predicted octanol–water partition coefficient (Wildman–Crippen LogP) is 6.98. The molecule has 10 nitrogen and oxygen atoms in total. The van der Waals surface area contributed by atoms with Gasteiger partial charge in [-0.05, 0) is 104 Å². The largest absolute Gasteiger partial charge is 0.490 e. The van der Waals surface area contributed by atoms with Crippen LogP contribution in [0.15, 0.2) is 65.2 Å². The van der Waals surface area contributed by atoms with Gasteiger partial charge in [-0.1, -0.05) is 36.7 Å². The van der Waals surface area contributed by atoms with Gasteiger partial charge < -0.3 is 23.8 Å². The number of methoxy groups -OCH3 is 1. The number of anilines is 1. The number of hydrogen-bond donors (Lipinski definition) is 0. The molecule has 1 saturated carbocycles. The molecule has 0 radical (unpaired) electrons. The van der Waals surface area contributed by atoms with Gasteiger partial charge in [0.1, 0.15) is 11.4 Å². The summed E-state index contributed by atoms with van der Waals surface area (Å²) in [6, 6.07) is 13.1. The Morgan fingerprint density at radius 2 is 1.96 bits per heavy atom. The fourth-order valence-corrected chi connectivity index (χ4v) is 11.4. The molecule has 1 spiro atoms. The second-order valence-electron chi connectivity index (χ2n) is 16.1. The Kier molecular flexibility index (Phi) is 10.9. The van der Waals surface area contributed by atoms with Gasteiger partial charge in [0.05, 0.1) is 33.9 Å². The molecular weight excluding hydrogens is 724 g/mol. The van der Waals surface area contributed by atoms with Crippen LogP contribution in [0.5, 0.6) is 5.75 Å². The summed E-state index contributed by atoms with van der Waals surface area (Å²) in [5.41, 5.74) is 3.95. The lowest BCUT2D eigenvalue weighted by Gasteiger charge is -2.46. The molecule has 3 heterocycles. The minimum absolute atomic E-state index is 0.0565. The van der Waals surface area contributed by atoms with E-state index in [4.69, 9.17) is 21.1 Å². The number of ketones is 1. The Labute approximate surface area is 324 Å². The highest BCUT2D eigenvalue weighted by atomic mass is 35.5. The average Bonchev–Trinajstić information content (AvgIpc) is 3.44. The first-order valence-corrected chi connectivity index (χ1v) is 21.2. The number of hydrogen-bond acceptors (Lipinski definition) is 7. The number of amides is 2. The van der Waals surface area contributed by atoms with Crippen molar-refractivity contribution in [1.29, 1.82) is 0 Å². The van der Waals surface area contributed by atoms with Gasteiger partial charge in [-0.25, -0.2) is 4.21 Å². The van der Waals surface area contributed by atoms with E-state index in [2.05, 4.69) is 33.5 Å². The molecule has 12 heteroatoms. The second-order valence-corrected chi connectivity index (χ2v) is 18.9. The van der Waals surface area contributed by atoms with Gasteiger partial charge >= 0.3 is 0 Å². The smallest absolute Gasteiger partial charge is 0.285 e. The number of fused-ring (bicyclic) bond motifs is 4. The molecule has 0 N–H and O–H groups in total. The molecule has 0 saturated heterocycles. The van der Waals surface area contributed by atoms with Gasteiger partial charge in [0.15, 0.2) is 5.78 Å². The van der Waals surface area contributed by atoms with Crippen LogP contribution in [0.3, 0.4) is 0 Å². The summed E-state index contributed by atoms with van der Waals surface area (Å²) in [6.07, 6.45) is 11.4. The summed E-state index contributed by atoms with van der Waals surface area (Å²) < 4.78 is 33.5. The van der Waals surface area contributed by atoms with Crippen molar-refractivity contribution >= 4 is 44.6 Å². The second kappa shape index (κ2) is 15.3. The topological polar surface area (TPSA) is 111 Å². The number of rotatable bonds is 5. The summed E-state index contributed by atoms with van der Waals surface area (Å²) in [6.45, 7) is 3.94. The van der Waals surface area contributed by atoms with E-state index in [1.807, 2.05) is 25.1 Å². The number of aromatic nitrogens is 1. The lowest BCUT2D eigenvalue weighted by molar-refractivity contribution is 0.0131. The zero-order valence-corrected chi connectivity index (χ0v) is 33.5. The highest BCUT2D eigenvalue weighted by Gasteiger charge is 2.44. The van der Waals surface area contributed by atoms with Crippen molar-refractivity contribution in [2.75, 3.05) is 57.3 Å². The van der Waals surface area contributed by atoms with E-state index in [1.54, 1.807) is 45.1 Å². The first-order chi connectivity index (χ1) is 25.8. The average molecular weight is 775 g/mol. The van der Waals surface area contributed by atoms with Gasteiger partial charge in [0.2, 0.25) is 0 Å². The number of nitrogens with zero attached hydrogens (tertiary/aromatic N) is 4. The van der Waals surface area contributed by atoms with Crippen LogP contribution in [0.4, 0.5) is 5.69 Å². The molecule has 0 unspecified atom stereocenters. The Hall–Kier alpha value is -3.93. The van der Waals surface area contributed by atoms with Crippen molar-refractivity contribution < 1.29 is 28.1 Å². The number of halogens is 1. The fraction of sp³-hybridized carbons (Fsp3) is 0.500. The fourth-order valence-electron chi connectivity index (χ4n) is 8.92. The summed E-state index contributed by atoms with van der Waals surface area (Å²) in [4.78, 5) is 44.4. The van der Waals surface area contributed by atoms with Crippen LogP contribution in [-0.2, 0) is 33.3 Å². The van der Waals surface area contributed by atoms with Gasteiger partial charge in [0, 0.05) is 74.9 Å². The number of aryl methyl sites for hydroxylation is 2. The van der Waals surface area contributed by atoms with Crippen LogP contribution in [0.2, 0.25) is 5.02 Å². The van der Waals surface area contributed by atoms with Crippen molar-refractivity contribution in [3.8, 4) is 5.75 Å². The molecule has 2 aliphatic heterocycles. The SMILES string of the molecule is CO[C@H]1/C=C/C[C@H](C)C[S@@](=O)(CC(=O)c2cc(C(=O)N(C)C)n(C)c2)=NC(=O)c2ccc3c(c2)N(C[C@@H]2CC[C@H]21)C[C@@]1(CCCc2cc(Cl)ccc21)CO3. The summed E-state index contributed by atoms with van der Waals surface area (Å²) >= 11 is 6.47. The van der Waals surface area contributed by atoms with Crippen molar-refractivity contribution in [3.63, 3.8) is 0 Å². The third-order valence-electron chi connectivity index (χ3n) is 11.9. The molecule has 54 heavy (non-hydrogen) atoms. The van der Waals surface area contributed by atoms with Crippen LogP contribution in [0.1, 0.15) is 81.4 Å². The zero-order valence-electron chi connectivity index (χ0n) is 31.9. The Bertz CT molecular complexity index is 2120. The summed E-state index contributed by atoms with van der Waals surface area (Å²) in [7, 11) is 3.36. The normalized spacial score (nSPS) is 28.8. The van der Waals surface area contributed by atoms with Gasteiger partial charge in [-0.2, -0.15) is 4.36 Å². The van der Waals surface area contributed by atoms with E-state index in [9.17, 15) is 18.6 Å². The van der Waals surface area contributed by atoms with Gasteiger partial charge in [-0.3, -0.25) is 14.4 Å². The molecule has 7 rings (SSSR count). The molecule has 288 valence electrons. The minimum Gasteiger partial charge on any atom is -0.490 e. The quantitative estimate of drug-likeness (QED) is 0.203. The molecule has 6 atom stereocenters. The molecule has 2 aromatic carbocycles. The number of Topliss-reactive ketones (excluding diaryl/α,β-unsaturated/α-hetero) is 1. The van der Waals surface area contributed by atoms with Gasteiger partial charge in [-0.15, -0.1) is 0 Å². The first kappa shape index (κ1) is 38.3. The monoisotopic (exact) mass is 774 g/mol. The number of carbonyl (C=O) groups is 3. The van der Waals surface area contributed by atoms with E-state index >= 15 is 0 Å². The lowest BCUT2D eigenvalue weighted by atomic mass is 9.68. The molecule has 2 aliphatic carbocycles. The van der Waals surface area contributed by atoms with Crippen LogP contribution in [-0.4, -0.2) is 89.8 Å². The maximum Gasteiger partial charge on any atom is 0.285 e. The number of ether oxygens (including phenoxy) is 2. The Balaban J connectivity index is 1.28. The predicted molar refractivity (Wildman–Crippen MR) is 213 cm³/mol. The van der Waals surface area contributed by atoms with E-state index < -0.39 is 27.2 Å². The molecule has 1 fully saturated rings. The van der Waals surface area contributed by atoms with Crippen LogP contribution in [0.25, 0.3) is 0 Å². The standard InChI is InChI=1S/C42H51ClN4O6S/c1-27-8-6-10-38(52-5)33-14-11-30(33)22-47-25-42(17-7-9-28-18-32(43)13-15-34(28)42)26-53-39-16-12-29(19-35(39)47)40(49)44-54(51,23-27)24-37(48)31-20-36(46(4)21-31)41(50)45(2)3/h6,10,12-13,15-16,18-21,27,30,33,38H,7-9,11,14,17,22-26H2,1-5H3/b10-6+/t27-,30-,33+,38-,42-,54+/m0/s1. The third-order valence-corrected chi connectivity index (χ3v) is 14.4. The maximum absolute atomic E-state index is 14.8. The number of benzene rings is 2. The summed E-state index contributed by atoms with van der Waals surface area (Å²) in [5.74, 6) is -0.433. The molecule has 3 aromatic rings.